The number of H-pyrrole nitrogens is 1. The van der Waals surface area contributed by atoms with Gasteiger partial charge in [0.15, 0.2) is 5.69 Å². The molecule has 2 amide bonds. The molecule has 132 valence electrons. The van der Waals surface area contributed by atoms with E-state index in [1.807, 2.05) is 30.3 Å². The Hall–Kier alpha value is -3.19. The highest BCUT2D eigenvalue weighted by Gasteiger charge is 2.15. The van der Waals surface area contributed by atoms with Gasteiger partial charge in [-0.05, 0) is 23.8 Å². The first kappa shape index (κ1) is 17.6. The van der Waals surface area contributed by atoms with Crippen molar-refractivity contribution in [2.45, 2.75) is 6.54 Å². The summed E-state index contributed by atoms with van der Waals surface area (Å²) >= 11 is 5.78. The average molecular weight is 373 g/mol. The molecule has 0 atom stereocenters. The van der Waals surface area contributed by atoms with Crippen molar-refractivity contribution >= 4 is 29.2 Å². The van der Waals surface area contributed by atoms with E-state index in [1.54, 1.807) is 0 Å². The maximum Gasteiger partial charge on any atom is 0.272 e. The van der Waals surface area contributed by atoms with Crippen LogP contribution in [0.15, 0.2) is 54.6 Å². The third kappa shape index (κ3) is 4.25. The van der Waals surface area contributed by atoms with E-state index in [0.29, 0.717) is 6.54 Å². The zero-order chi connectivity index (χ0) is 18.5. The molecule has 2 aromatic carbocycles. The number of hydrogen-bond donors (Lipinski definition) is 3. The summed E-state index contributed by atoms with van der Waals surface area (Å²) in [5.74, 6) is -1.64. The zero-order valence-corrected chi connectivity index (χ0v) is 14.2. The molecule has 8 heteroatoms. The van der Waals surface area contributed by atoms with E-state index in [0.717, 1.165) is 11.6 Å². The van der Waals surface area contributed by atoms with Crippen LogP contribution < -0.4 is 10.6 Å². The number of carbonyl (C=O) groups excluding carboxylic acids is 2. The van der Waals surface area contributed by atoms with Gasteiger partial charge in [-0.1, -0.05) is 41.9 Å². The summed E-state index contributed by atoms with van der Waals surface area (Å²) in [7, 11) is 0. The molecule has 0 saturated carbocycles. The quantitative estimate of drug-likeness (QED) is 0.641. The van der Waals surface area contributed by atoms with Crippen molar-refractivity contribution in [3.05, 3.63) is 82.3 Å². The fourth-order valence-electron chi connectivity index (χ4n) is 2.23. The van der Waals surface area contributed by atoms with Crippen LogP contribution in [0, 0.1) is 5.82 Å². The van der Waals surface area contributed by atoms with E-state index in [1.165, 1.54) is 18.2 Å². The second-order valence-electron chi connectivity index (χ2n) is 5.41. The van der Waals surface area contributed by atoms with Gasteiger partial charge in [0.2, 0.25) is 0 Å². The summed E-state index contributed by atoms with van der Waals surface area (Å²) in [5, 5.41) is 11.8. The number of aromatic nitrogens is 2. The van der Waals surface area contributed by atoms with Crippen LogP contribution in [-0.2, 0) is 6.54 Å². The molecule has 0 radical (unpaired) electrons. The predicted molar refractivity (Wildman–Crippen MR) is 95.6 cm³/mol. The number of nitrogens with one attached hydrogen (secondary N) is 3. The van der Waals surface area contributed by atoms with Gasteiger partial charge in [-0.3, -0.25) is 14.7 Å². The highest BCUT2D eigenvalue weighted by Crippen LogP contribution is 2.16. The number of amides is 2. The van der Waals surface area contributed by atoms with Crippen molar-refractivity contribution in [2.24, 2.45) is 0 Å². The summed E-state index contributed by atoms with van der Waals surface area (Å²) in [6.45, 7) is 0.349. The Kier molecular flexibility index (Phi) is 5.28. The Balaban J connectivity index is 1.63. The van der Waals surface area contributed by atoms with E-state index in [-0.39, 0.29) is 22.1 Å². The molecule has 0 saturated heterocycles. The van der Waals surface area contributed by atoms with E-state index >= 15 is 0 Å². The van der Waals surface area contributed by atoms with Crippen LogP contribution in [0.4, 0.5) is 10.2 Å². The van der Waals surface area contributed by atoms with Gasteiger partial charge in [-0.2, -0.15) is 5.10 Å². The highest BCUT2D eigenvalue weighted by atomic mass is 35.5. The Labute approximate surface area is 153 Å². The number of carbonyl (C=O) groups is 2. The SMILES string of the molecule is O=C(NCc1ccccc1)c1cc(NC(=O)c2cc(Cl)ccc2F)[nH]n1. The lowest BCUT2D eigenvalue weighted by Gasteiger charge is -2.04. The monoisotopic (exact) mass is 372 g/mol. The van der Waals surface area contributed by atoms with Gasteiger partial charge in [0.1, 0.15) is 11.6 Å². The number of halogens is 2. The Morgan fingerprint density at radius 3 is 2.62 bits per heavy atom. The topological polar surface area (TPSA) is 86.9 Å². The highest BCUT2D eigenvalue weighted by molar-refractivity contribution is 6.31. The molecule has 6 nitrogen and oxygen atoms in total. The molecule has 3 aromatic rings. The molecule has 0 unspecified atom stereocenters. The molecule has 0 aliphatic heterocycles. The van der Waals surface area contributed by atoms with Crippen molar-refractivity contribution in [2.75, 3.05) is 5.32 Å². The number of benzene rings is 2. The van der Waals surface area contributed by atoms with E-state index < -0.39 is 17.6 Å². The third-order valence-electron chi connectivity index (χ3n) is 3.53. The lowest BCUT2D eigenvalue weighted by Crippen LogP contribution is -2.23. The molecule has 26 heavy (non-hydrogen) atoms. The number of rotatable bonds is 5. The molecule has 0 bridgehead atoms. The van der Waals surface area contributed by atoms with Gasteiger partial charge >= 0.3 is 0 Å². The maximum atomic E-state index is 13.7. The normalized spacial score (nSPS) is 10.4. The van der Waals surface area contributed by atoms with Gasteiger partial charge in [-0.25, -0.2) is 4.39 Å². The summed E-state index contributed by atoms with van der Waals surface area (Å²) < 4.78 is 13.7. The molecule has 0 spiro atoms. The van der Waals surface area contributed by atoms with Gasteiger partial charge < -0.3 is 10.6 Å². The standard InChI is InChI=1S/C18H14ClFN4O2/c19-12-6-7-14(20)13(8-12)17(25)22-16-9-15(23-24-16)18(26)21-10-11-4-2-1-3-5-11/h1-9H,10H2,(H,21,26)(H2,22,23,24,25). The zero-order valence-electron chi connectivity index (χ0n) is 13.4. The van der Waals surface area contributed by atoms with Crippen molar-refractivity contribution in [1.29, 1.82) is 0 Å². The maximum absolute atomic E-state index is 13.7. The van der Waals surface area contributed by atoms with Crippen molar-refractivity contribution in [3.63, 3.8) is 0 Å². The molecule has 1 heterocycles. The molecule has 3 N–H and O–H groups in total. The smallest absolute Gasteiger partial charge is 0.272 e. The fraction of sp³-hybridized carbons (Fsp3) is 0.0556. The van der Waals surface area contributed by atoms with Crippen LogP contribution in [-0.4, -0.2) is 22.0 Å². The molecule has 3 rings (SSSR count). The van der Waals surface area contributed by atoms with Crippen LogP contribution in [0.3, 0.4) is 0 Å². The second kappa shape index (κ2) is 7.79. The van der Waals surface area contributed by atoms with Gasteiger partial charge in [0.25, 0.3) is 11.8 Å². The van der Waals surface area contributed by atoms with E-state index in [9.17, 15) is 14.0 Å². The summed E-state index contributed by atoms with van der Waals surface area (Å²) in [4.78, 5) is 24.2. The molecule has 0 aliphatic rings. The fourth-order valence-corrected chi connectivity index (χ4v) is 2.40. The lowest BCUT2D eigenvalue weighted by atomic mass is 10.2. The Bertz CT molecular complexity index is 943. The number of hydrogen-bond acceptors (Lipinski definition) is 3. The minimum Gasteiger partial charge on any atom is -0.347 e. The van der Waals surface area contributed by atoms with Crippen LogP contribution in [0.25, 0.3) is 0 Å². The molecular weight excluding hydrogens is 359 g/mol. The Morgan fingerprint density at radius 1 is 1.08 bits per heavy atom. The van der Waals surface area contributed by atoms with Crippen LogP contribution in [0.5, 0.6) is 0 Å². The predicted octanol–water partition coefficient (Wildman–Crippen LogP) is 3.38. The minimum atomic E-state index is -0.704. The summed E-state index contributed by atoms with van der Waals surface area (Å²) in [5.41, 5.74) is 0.839. The van der Waals surface area contributed by atoms with Gasteiger partial charge in [-0.15, -0.1) is 0 Å². The molecule has 0 fully saturated rings. The molecule has 1 aromatic heterocycles. The molecular formula is C18H14ClFN4O2. The van der Waals surface area contributed by atoms with Gasteiger partial charge in [0.05, 0.1) is 5.56 Å². The number of anilines is 1. The lowest BCUT2D eigenvalue weighted by molar-refractivity contribution is 0.0945. The van der Waals surface area contributed by atoms with E-state index in [4.69, 9.17) is 11.6 Å². The third-order valence-corrected chi connectivity index (χ3v) is 3.76. The number of aromatic amines is 1. The second-order valence-corrected chi connectivity index (χ2v) is 5.85. The van der Waals surface area contributed by atoms with Crippen molar-refractivity contribution in [3.8, 4) is 0 Å². The van der Waals surface area contributed by atoms with Gasteiger partial charge in [0, 0.05) is 17.6 Å². The first-order valence-corrected chi connectivity index (χ1v) is 8.04. The largest absolute Gasteiger partial charge is 0.347 e. The first-order chi connectivity index (χ1) is 12.5. The first-order valence-electron chi connectivity index (χ1n) is 7.67. The van der Waals surface area contributed by atoms with Crippen LogP contribution >= 0.6 is 11.6 Å². The minimum absolute atomic E-state index is 0.0998. The van der Waals surface area contributed by atoms with Crippen molar-refractivity contribution < 1.29 is 14.0 Å². The van der Waals surface area contributed by atoms with Crippen LogP contribution in [0.2, 0.25) is 5.02 Å². The summed E-state index contributed by atoms with van der Waals surface area (Å²) in [6, 6.07) is 14.4. The Morgan fingerprint density at radius 2 is 1.85 bits per heavy atom. The summed E-state index contributed by atoms with van der Waals surface area (Å²) in [6.07, 6.45) is 0. The van der Waals surface area contributed by atoms with E-state index in [2.05, 4.69) is 20.8 Å². The molecule has 0 aliphatic carbocycles. The number of nitrogens with zero attached hydrogens (tertiary/aromatic N) is 1. The van der Waals surface area contributed by atoms with Crippen LogP contribution in [0.1, 0.15) is 26.4 Å². The average Bonchev–Trinajstić information content (AvgIpc) is 3.11. The van der Waals surface area contributed by atoms with Crippen molar-refractivity contribution in [1.82, 2.24) is 15.5 Å².